The molecule has 1 atom stereocenters. The fraction of sp³-hybridized carbons (Fsp3) is 1.00. The zero-order chi connectivity index (χ0) is 4.41. The maximum atomic E-state index is 5.48. The van der Waals surface area contributed by atoms with Gasteiger partial charge in [-0.25, -0.2) is 0 Å². The van der Waals surface area contributed by atoms with E-state index in [1.165, 1.54) is 0 Å². The molecule has 37 valence electrons. The van der Waals surface area contributed by atoms with Crippen LogP contribution in [0.25, 0.3) is 0 Å². The van der Waals surface area contributed by atoms with Gasteiger partial charge in [0.25, 0.3) is 0 Å². The molecule has 1 aliphatic rings. The lowest BCUT2D eigenvalue weighted by Crippen LogP contribution is -1.96. The Morgan fingerprint density at radius 3 is 2.83 bits per heavy atom. The standard InChI is InChI=1S/C2H6ClNOP/c3-6-4-1-2-5-6/h4,6H,1-2H2. The highest BCUT2D eigenvalue weighted by Crippen LogP contribution is 2.40. The van der Waals surface area contributed by atoms with E-state index in [9.17, 15) is 0 Å². The molecule has 0 aromatic carbocycles. The molecule has 1 rings (SSSR count). The fourth-order valence-corrected chi connectivity index (χ4v) is 1.54. The van der Waals surface area contributed by atoms with Gasteiger partial charge in [0.15, 0.2) is 0 Å². The first-order chi connectivity index (χ1) is 2.89. The summed E-state index contributed by atoms with van der Waals surface area (Å²) in [5, 5.41) is 2.96. The SMILES string of the molecule is Cl[PH]1NCCO1. The van der Waals surface area contributed by atoms with Crippen LogP contribution in [0.3, 0.4) is 0 Å². The Morgan fingerprint density at radius 2 is 2.67 bits per heavy atom. The maximum absolute atomic E-state index is 5.48. The van der Waals surface area contributed by atoms with Crippen molar-refractivity contribution in [2.24, 2.45) is 0 Å². The van der Waals surface area contributed by atoms with E-state index in [4.69, 9.17) is 15.8 Å². The van der Waals surface area contributed by atoms with Crippen LogP contribution in [0.2, 0.25) is 0 Å². The van der Waals surface area contributed by atoms with Gasteiger partial charge >= 0.3 is 0 Å². The predicted octanol–water partition coefficient (Wildman–Crippen LogP) is 0.804. The van der Waals surface area contributed by atoms with Crippen molar-refractivity contribution < 1.29 is 4.52 Å². The molecular formula is C2H6ClNOP. The van der Waals surface area contributed by atoms with Crippen molar-refractivity contribution in [2.45, 2.75) is 0 Å². The van der Waals surface area contributed by atoms with E-state index >= 15 is 0 Å². The van der Waals surface area contributed by atoms with Crippen molar-refractivity contribution >= 4 is 18.9 Å². The minimum absolute atomic E-state index is 0.789. The second kappa shape index (κ2) is 2.08. The first-order valence-electron chi connectivity index (χ1n) is 1.79. The molecule has 0 amide bonds. The first-order valence-corrected chi connectivity index (χ1v) is 4.21. The van der Waals surface area contributed by atoms with Crippen molar-refractivity contribution in [3.63, 3.8) is 0 Å². The van der Waals surface area contributed by atoms with Crippen LogP contribution in [0.4, 0.5) is 0 Å². The number of hydrogen-bond donors (Lipinski definition) is 1. The van der Waals surface area contributed by atoms with Crippen molar-refractivity contribution in [2.75, 3.05) is 13.2 Å². The largest absolute Gasteiger partial charge is 0.338 e. The van der Waals surface area contributed by atoms with Crippen molar-refractivity contribution in [3.05, 3.63) is 0 Å². The molecule has 4 heteroatoms. The summed E-state index contributed by atoms with van der Waals surface area (Å²) in [5.41, 5.74) is 0. The van der Waals surface area contributed by atoms with Gasteiger partial charge in [0.1, 0.15) is 7.65 Å². The van der Waals surface area contributed by atoms with Gasteiger partial charge in [-0.1, -0.05) is 11.2 Å². The highest BCUT2D eigenvalue weighted by atomic mass is 35.7. The lowest BCUT2D eigenvalue weighted by Gasteiger charge is -1.94. The van der Waals surface area contributed by atoms with Gasteiger partial charge in [-0.05, 0) is 0 Å². The molecule has 1 saturated heterocycles. The molecule has 0 saturated carbocycles. The molecule has 2 nitrogen and oxygen atoms in total. The van der Waals surface area contributed by atoms with Gasteiger partial charge in [0.05, 0.1) is 6.61 Å². The van der Waals surface area contributed by atoms with Crippen LogP contribution in [0.5, 0.6) is 0 Å². The Hall–Kier alpha value is 0.640. The summed E-state index contributed by atoms with van der Waals surface area (Å²) in [5.74, 6) is 0. The van der Waals surface area contributed by atoms with Crippen LogP contribution >= 0.6 is 18.9 Å². The summed E-state index contributed by atoms with van der Waals surface area (Å²) < 4.78 is 4.91. The topological polar surface area (TPSA) is 21.3 Å². The van der Waals surface area contributed by atoms with Gasteiger partial charge in [-0.3, -0.25) is 5.09 Å². The summed E-state index contributed by atoms with van der Waals surface area (Å²) in [6, 6.07) is 0. The van der Waals surface area contributed by atoms with Crippen molar-refractivity contribution in [1.29, 1.82) is 0 Å². The van der Waals surface area contributed by atoms with Crippen LogP contribution in [-0.4, -0.2) is 13.2 Å². The Labute approximate surface area is 42.5 Å². The molecule has 1 fully saturated rings. The van der Waals surface area contributed by atoms with Gasteiger partial charge in [0.2, 0.25) is 0 Å². The smallest absolute Gasteiger partial charge is 0.120 e. The third-order valence-electron chi connectivity index (χ3n) is 0.595. The zero-order valence-electron chi connectivity index (χ0n) is 3.20. The average molecular weight is 127 g/mol. The van der Waals surface area contributed by atoms with E-state index < -0.39 is 7.65 Å². The molecule has 1 N–H and O–H groups in total. The second-order valence-electron chi connectivity index (χ2n) is 1.05. The zero-order valence-corrected chi connectivity index (χ0v) is 4.96. The van der Waals surface area contributed by atoms with E-state index in [2.05, 4.69) is 5.09 Å². The molecule has 1 heterocycles. The third-order valence-corrected chi connectivity index (χ3v) is 2.31. The van der Waals surface area contributed by atoms with Crippen molar-refractivity contribution in [1.82, 2.24) is 5.09 Å². The Bertz CT molecular complexity index is 46.8. The summed E-state index contributed by atoms with van der Waals surface area (Å²) >= 11 is 5.48. The first kappa shape index (κ1) is 4.79. The van der Waals surface area contributed by atoms with Crippen LogP contribution in [0, 0.1) is 0 Å². The van der Waals surface area contributed by atoms with Crippen LogP contribution in [-0.2, 0) is 4.52 Å². The average Bonchev–Trinajstić information content (AvgIpc) is 1.86. The number of rotatable bonds is 0. The summed E-state index contributed by atoms with van der Waals surface area (Å²) in [6.45, 7) is 1.72. The normalized spacial score (nSPS) is 34.5. The Morgan fingerprint density at radius 1 is 1.83 bits per heavy atom. The number of halogens is 1. The summed E-state index contributed by atoms with van der Waals surface area (Å²) in [7, 11) is -1.03. The minimum Gasteiger partial charge on any atom is -0.338 e. The minimum atomic E-state index is -1.03. The maximum Gasteiger partial charge on any atom is 0.120 e. The molecule has 0 aromatic rings. The molecular weight excluding hydrogens is 120 g/mol. The van der Waals surface area contributed by atoms with Gasteiger partial charge in [-0.15, -0.1) is 0 Å². The summed E-state index contributed by atoms with van der Waals surface area (Å²) in [6.07, 6.45) is 0. The van der Waals surface area contributed by atoms with Crippen LogP contribution < -0.4 is 5.09 Å². The molecule has 1 aliphatic heterocycles. The third kappa shape index (κ3) is 1.05. The van der Waals surface area contributed by atoms with Gasteiger partial charge in [0, 0.05) is 6.54 Å². The Kier molecular flexibility index (Phi) is 1.66. The lowest BCUT2D eigenvalue weighted by molar-refractivity contribution is 0.404. The molecule has 0 aliphatic carbocycles. The van der Waals surface area contributed by atoms with E-state index in [0.717, 1.165) is 13.2 Å². The van der Waals surface area contributed by atoms with E-state index in [1.54, 1.807) is 0 Å². The fourth-order valence-electron chi connectivity index (χ4n) is 0.341. The highest BCUT2D eigenvalue weighted by molar-refractivity contribution is 7.78. The lowest BCUT2D eigenvalue weighted by atomic mass is 10.8. The molecule has 1 unspecified atom stereocenters. The summed E-state index contributed by atoms with van der Waals surface area (Å²) in [4.78, 5) is 0. The van der Waals surface area contributed by atoms with E-state index in [0.29, 0.717) is 0 Å². The Balaban J connectivity index is 2.18. The van der Waals surface area contributed by atoms with Crippen LogP contribution in [0.15, 0.2) is 0 Å². The van der Waals surface area contributed by atoms with Gasteiger partial charge < -0.3 is 4.52 Å². The number of hydrogen-bond acceptors (Lipinski definition) is 2. The molecule has 0 spiro atoms. The monoisotopic (exact) mass is 126 g/mol. The van der Waals surface area contributed by atoms with E-state index in [-0.39, 0.29) is 0 Å². The molecule has 0 aromatic heterocycles. The second-order valence-corrected chi connectivity index (χ2v) is 3.27. The highest BCUT2D eigenvalue weighted by Gasteiger charge is 2.06. The van der Waals surface area contributed by atoms with Gasteiger partial charge in [-0.2, -0.15) is 0 Å². The number of nitrogens with one attached hydrogen (secondary N) is 1. The molecule has 6 heavy (non-hydrogen) atoms. The molecule has 1 radical (unpaired) electrons. The van der Waals surface area contributed by atoms with E-state index in [1.807, 2.05) is 0 Å². The van der Waals surface area contributed by atoms with Crippen molar-refractivity contribution in [3.8, 4) is 0 Å². The van der Waals surface area contributed by atoms with Crippen LogP contribution in [0.1, 0.15) is 0 Å². The predicted molar refractivity (Wildman–Crippen MR) is 28.1 cm³/mol. The molecule has 0 bridgehead atoms. The quantitative estimate of drug-likeness (QED) is 0.485.